The van der Waals surface area contributed by atoms with Crippen molar-refractivity contribution >= 4 is 22.9 Å². The first-order chi connectivity index (χ1) is 12.9. The fourth-order valence-corrected chi connectivity index (χ4v) is 3.91. The van der Waals surface area contributed by atoms with Gasteiger partial charge in [0.05, 0.1) is 23.1 Å². The highest BCUT2D eigenvalue weighted by atomic mass is 16.4. The molecule has 2 aromatic rings. The number of hydrogen-bond acceptors (Lipinski definition) is 4. The molecule has 0 radical (unpaired) electrons. The van der Waals surface area contributed by atoms with Gasteiger partial charge >= 0.3 is 5.97 Å². The zero-order valence-corrected chi connectivity index (χ0v) is 16.2. The van der Waals surface area contributed by atoms with Gasteiger partial charge in [0.15, 0.2) is 5.65 Å². The Labute approximate surface area is 159 Å². The van der Waals surface area contributed by atoms with Crippen molar-refractivity contribution in [1.82, 2.24) is 20.1 Å². The van der Waals surface area contributed by atoms with E-state index < -0.39 is 11.9 Å². The van der Waals surface area contributed by atoms with Crippen molar-refractivity contribution in [3.8, 4) is 0 Å². The lowest BCUT2D eigenvalue weighted by atomic mass is 9.86. The van der Waals surface area contributed by atoms with Crippen LogP contribution in [0.15, 0.2) is 12.3 Å². The number of carbonyl (C=O) groups excluding carboxylic acids is 1. The third-order valence-corrected chi connectivity index (χ3v) is 5.33. The van der Waals surface area contributed by atoms with Gasteiger partial charge in [-0.2, -0.15) is 5.10 Å². The largest absolute Gasteiger partial charge is 0.481 e. The van der Waals surface area contributed by atoms with E-state index in [1.165, 1.54) is 0 Å². The van der Waals surface area contributed by atoms with Crippen molar-refractivity contribution in [2.45, 2.75) is 71.4 Å². The van der Waals surface area contributed by atoms with Gasteiger partial charge < -0.3 is 10.4 Å². The molecule has 2 heterocycles. The SMILES string of the molecule is Cc1cc(C(=O)NC2CCCCCCC2C(=O)O)c2cnn(C(C)C)c2n1. The smallest absolute Gasteiger partial charge is 0.308 e. The molecule has 1 aliphatic rings. The fraction of sp³-hybridized carbons (Fsp3) is 0.600. The molecule has 2 unspecified atom stereocenters. The number of fused-ring (bicyclic) bond motifs is 1. The van der Waals surface area contributed by atoms with E-state index in [1.54, 1.807) is 16.9 Å². The number of aromatic nitrogens is 3. The Morgan fingerprint density at radius 3 is 2.59 bits per heavy atom. The van der Waals surface area contributed by atoms with E-state index in [0.29, 0.717) is 29.4 Å². The van der Waals surface area contributed by atoms with Crippen LogP contribution in [0.25, 0.3) is 11.0 Å². The van der Waals surface area contributed by atoms with Crippen molar-refractivity contribution in [2.24, 2.45) is 5.92 Å². The molecule has 7 heteroatoms. The maximum atomic E-state index is 13.1. The molecule has 27 heavy (non-hydrogen) atoms. The molecule has 2 atom stereocenters. The lowest BCUT2D eigenvalue weighted by Gasteiger charge is -2.27. The molecule has 2 N–H and O–H groups in total. The van der Waals surface area contributed by atoms with Crippen LogP contribution in [0.2, 0.25) is 0 Å². The molecule has 3 rings (SSSR count). The van der Waals surface area contributed by atoms with Gasteiger partial charge in [-0.15, -0.1) is 0 Å². The van der Waals surface area contributed by atoms with E-state index in [-0.39, 0.29) is 18.0 Å². The van der Waals surface area contributed by atoms with E-state index >= 15 is 0 Å². The number of carboxylic acid groups (broad SMARTS) is 1. The third kappa shape index (κ3) is 4.12. The van der Waals surface area contributed by atoms with Crippen LogP contribution in [-0.4, -0.2) is 37.8 Å². The summed E-state index contributed by atoms with van der Waals surface area (Å²) in [7, 11) is 0. The minimum atomic E-state index is -0.828. The number of pyridine rings is 1. The maximum absolute atomic E-state index is 13.1. The van der Waals surface area contributed by atoms with Gasteiger partial charge in [-0.05, 0) is 39.7 Å². The number of rotatable bonds is 4. The highest BCUT2D eigenvalue weighted by molar-refractivity contribution is 6.05. The Morgan fingerprint density at radius 2 is 1.93 bits per heavy atom. The Kier molecular flexibility index (Phi) is 5.77. The van der Waals surface area contributed by atoms with E-state index in [1.807, 2.05) is 20.8 Å². The predicted octanol–water partition coefficient (Wildman–Crippen LogP) is 3.47. The van der Waals surface area contributed by atoms with E-state index in [9.17, 15) is 14.7 Å². The number of nitrogens with one attached hydrogen (secondary N) is 1. The second-order valence-corrected chi connectivity index (χ2v) is 7.75. The minimum absolute atomic E-state index is 0.134. The second-order valence-electron chi connectivity index (χ2n) is 7.75. The summed E-state index contributed by atoms with van der Waals surface area (Å²) < 4.78 is 1.80. The number of nitrogens with zero attached hydrogens (tertiary/aromatic N) is 3. The summed E-state index contributed by atoms with van der Waals surface area (Å²) in [6, 6.07) is 1.54. The molecular formula is C20H28N4O3. The highest BCUT2D eigenvalue weighted by Crippen LogP contribution is 2.25. The lowest BCUT2D eigenvalue weighted by Crippen LogP contribution is -2.44. The molecule has 146 valence electrons. The van der Waals surface area contributed by atoms with Crippen LogP contribution in [-0.2, 0) is 4.79 Å². The van der Waals surface area contributed by atoms with Crippen molar-refractivity contribution in [1.29, 1.82) is 0 Å². The zero-order chi connectivity index (χ0) is 19.6. The molecule has 2 aromatic heterocycles. The first kappa shape index (κ1) is 19.3. The van der Waals surface area contributed by atoms with E-state index in [4.69, 9.17) is 0 Å². The van der Waals surface area contributed by atoms with Gasteiger partial charge in [0.1, 0.15) is 0 Å². The van der Waals surface area contributed by atoms with Gasteiger partial charge in [0.25, 0.3) is 5.91 Å². The number of carbonyl (C=O) groups is 2. The summed E-state index contributed by atoms with van der Waals surface area (Å²) in [5.41, 5.74) is 1.93. The molecule has 0 aromatic carbocycles. The van der Waals surface area contributed by atoms with Crippen molar-refractivity contribution in [3.63, 3.8) is 0 Å². The van der Waals surface area contributed by atoms with Crippen LogP contribution in [0.4, 0.5) is 0 Å². The Morgan fingerprint density at radius 1 is 1.22 bits per heavy atom. The van der Waals surface area contributed by atoms with Gasteiger partial charge in [0, 0.05) is 17.8 Å². The first-order valence-electron chi connectivity index (χ1n) is 9.77. The van der Waals surface area contributed by atoms with Gasteiger partial charge in [-0.3, -0.25) is 9.59 Å². The standard InChI is InChI=1S/C20H28N4O3/c1-12(2)24-18-16(11-21-24)15(10-13(3)22-18)19(25)23-17-9-7-5-4-6-8-14(17)20(26)27/h10-12,14,17H,4-9H2,1-3H3,(H,23,25)(H,26,27). The van der Waals surface area contributed by atoms with Crippen LogP contribution in [0.5, 0.6) is 0 Å². The van der Waals surface area contributed by atoms with E-state index in [2.05, 4.69) is 15.4 Å². The summed E-state index contributed by atoms with van der Waals surface area (Å²) in [5, 5.41) is 17.7. The normalized spacial score (nSPS) is 21.0. The molecule has 1 saturated carbocycles. The van der Waals surface area contributed by atoms with Gasteiger partial charge in [0.2, 0.25) is 0 Å². The number of carboxylic acids is 1. The summed E-state index contributed by atoms with van der Waals surface area (Å²) in [6.07, 6.45) is 6.94. The van der Waals surface area contributed by atoms with Crippen LogP contribution in [0.3, 0.4) is 0 Å². The number of aryl methyl sites for hydroxylation is 1. The third-order valence-electron chi connectivity index (χ3n) is 5.33. The Balaban J connectivity index is 1.91. The van der Waals surface area contributed by atoms with Crippen LogP contribution < -0.4 is 5.32 Å². The number of hydrogen-bond donors (Lipinski definition) is 2. The molecule has 0 bridgehead atoms. The van der Waals surface area contributed by atoms with Crippen LogP contribution in [0, 0.1) is 12.8 Å². The highest BCUT2D eigenvalue weighted by Gasteiger charge is 2.30. The molecular weight excluding hydrogens is 344 g/mol. The summed E-state index contributed by atoms with van der Waals surface area (Å²) in [6.45, 7) is 5.88. The Hall–Kier alpha value is -2.44. The van der Waals surface area contributed by atoms with Crippen molar-refractivity contribution in [2.75, 3.05) is 0 Å². The zero-order valence-electron chi connectivity index (χ0n) is 16.2. The fourth-order valence-electron chi connectivity index (χ4n) is 3.91. The van der Waals surface area contributed by atoms with Gasteiger partial charge in [-0.25, -0.2) is 9.67 Å². The van der Waals surface area contributed by atoms with Gasteiger partial charge in [-0.1, -0.05) is 25.7 Å². The van der Waals surface area contributed by atoms with Crippen molar-refractivity contribution in [3.05, 3.63) is 23.5 Å². The van der Waals surface area contributed by atoms with Crippen LogP contribution in [0.1, 0.15) is 74.5 Å². The van der Waals surface area contributed by atoms with Crippen molar-refractivity contribution < 1.29 is 14.7 Å². The molecule has 1 aliphatic carbocycles. The lowest BCUT2D eigenvalue weighted by molar-refractivity contribution is -0.143. The summed E-state index contributed by atoms with van der Waals surface area (Å²) in [4.78, 5) is 29.3. The second kappa shape index (κ2) is 8.06. The molecule has 1 amide bonds. The first-order valence-corrected chi connectivity index (χ1v) is 9.77. The molecule has 0 aliphatic heterocycles. The molecule has 0 saturated heterocycles. The number of amides is 1. The van der Waals surface area contributed by atoms with E-state index in [0.717, 1.165) is 31.4 Å². The number of aliphatic carboxylic acids is 1. The average Bonchev–Trinajstić information content (AvgIpc) is 2.99. The summed E-state index contributed by atoms with van der Waals surface area (Å²) in [5.74, 6) is -1.61. The van der Waals surface area contributed by atoms with Crippen LogP contribution >= 0.6 is 0 Å². The monoisotopic (exact) mass is 372 g/mol. The maximum Gasteiger partial charge on any atom is 0.308 e. The molecule has 0 spiro atoms. The topological polar surface area (TPSA) is 97.1 Å². The molecule has 7 nitrogen and oxygen atoms in total. The quantitative estimate of drug-likeness (QED) is 0.856. The average molecular weight is 372 g/mol. The molecule has 1 fully saturated rings. The Bertz CT molecular complexity index is 843. The predicted molar refractivity (Wildman–Crippen MR) is 103 cm³/mol. The summed E-state index contributed by atoms with van der Waals surface area (Å²) >= 11 is 0. The minimum Gasteiger partial charge on any atom is -0.481 e.